The summed E-state index contributed by atoms with van der Waals surface area (Å²) in [6.07, 6.45) is 0. The molecule has 0 aromatic heterocycles. The number of rotatable bonds is 9. The Hall–Kier alpha value is 0.240. The van der Waals surface area contributed by atoms with Crippen molar-refractivity contribution in [3.8, 4) is 0 Å². The molecular weight excluding hydrogens is 380 g/mol. The van der Waals surface area contributed by atoms with Crippen LogP contribution in [0, 0.1) is 10.8 Å². The Labute approximate surface area is 114 Å². The standard InChI is InChI=1S/C10H14F7I/c11-1-8(2-12,3-13)10(18,7-17)9(4-14,5-15)6-16/h1-7H2. The summed E-state index contributed by atoms with van der Waals surface area (Å²) in [7, 11) is 0. The number of alkyl halides is 8. The Bertz CT molecular complexity index is 204. The summed E-state index contributed by atoms with van der Waals surface area (Å²) >= 11 is 1.05. The molecule has 0 rings (SSSR count). The molecule has 0 fully saturated rings. The predicted molar refractivity (Wildman–Crippen MR) is 63.4 cm³/mol. The van der Waals surface area contributed by atoms with Crippen molar-refractivity contribution >= 4 is 22.6 Å². The number of halogens is 8. The van der Waals surface area contributed by atoms with E-state index >= 15 is 0 Å². The minimum Gasteiger partial charge on any atom is -0.250 e. The molecule has 0 aliphatic heterocycles. The number of hydrogen-bond acceptors (Lipinski definition) is 0. The van der Waals surface area contributed by atoms with Crippen LogP contribution in [0.2, 0.25) is 0 Å². The topological polar surface area (TPSA) is 0 Å². The third-order valence-corrected chi connectivity index (χ3v) is 5.98. The molecule has 0 bridgehead atoms. The van der Waals surface area contributed by atoms with Crippen molar-refractivity contribution in [2.75, 3.05) is 46.7 Å². The van der Waals surface area contributed by atoms with Gasteiger partial charge >= 0.3 is 0 Å². The van der Waals surface area contributed by atoms with E-state index < -0.39 is 61.0 Å². The molecule has 0 aromatic rings. The molecule has 0 aliphatic carbocycles. The van der Waals surface area contributed by atoms with Gasteiger partial charge in [0.15, 0.2) is 0 Å². The number of hydrogen-bond donors (Lipinski definition) is 0. The van der Waals surface area contributed by atoms with Crippen molar-refractivity contribution in [1.29, 1.82) is 0 Å². The second-order valence-corrected chi connectivity index (χ2v) is 6.14. The van der Waals surface area contributed by atoms with Crippen molar-refractivity contribution in [2.45, 2.75) is 3.42 Å². The van der Waals surface area contributed by atoms with Gasteiger partial charge in [-0.1, -0.05) is 22.6 Å². The van der Waals surface area contributed by atoms with E-state index in [0.29, 0.717) is 0 Å². The van der Waals surface area contributed by atoms with Gasteiger partial charge in [-0.25, -0.2) is 4.39 Å². The third kappa shape index (κ3) is 2.45. The van der Waals surface area contributed by atoms with E-state index in [1.54, 1.807) is 0 Å². The van der Waals surface area contributed by atoms with Crippen molar-refractivity contribution in [1.82, 2.24) is 0 Å². The maximum absolute atomic E-state index is 13.1. The Morgan fingerprint density at radius 2 is 0.722 bits per heavy atom. The molecule has 8 heteroatoms. The first-order chi connectivity index (χ1) is 8.42. The molecule has 0 nitrogen and oxygen atoms in total. The van der Waals surface area contributed by atoms with Crippen molar-refractivity contribution in [3.05, 3.63) is 0 Å². The molecule has 0 radical (unpaired) electrons. The lowest BCUT2D eigenvalue weighted by Gasteiger charge is -2.50. The van der Waals surface area contributed by atoms with Crippen LogP contribution in [0.25, 0.3) is 0 Å². The Morgan fingerprint density at radius 3 is 0.833 bits per heavy atom. The van der Waals surface area contributed by atoms with Gasteiger partial charge in [-0.3, -0.25) is 26.3 Å². The summed E-state index contributed by atoms with van der Waals surface area (Å²) in [6.45, 7) is -11.7. The molecule has 0 spiro atoms. The first-order valence-electron chi connectivity index (χ1n) is 5.03. The van der Waals surface area contributed by atoms with Gasteiger partial charge in [0.25, 0.3) is 0 Å². The summed E-state index contributed by atoms with van der Waals surface area (Å²) in [5.74, 6) is 0. The zero-order valence-electron chi connectivity index (χ0n) is 9.47. The average molecular weight is 394 g/mol. The van der Waals surface area contributed by atoms with Crippen LogP contribution in [-0.2, 0) is 0 Å². The molecule has 0 N–H and O–H groups in total. The molecule has 110 valence electrons. The van der Waals surface area contributed by atoms with Crippen molar-refractivity contribution < 1.29 is 30.7 Å². The van der Waals surface area contributed by atoms with Gasteiger partial charge in [0, 0.05) is 0 Å². The Morgan fingerprint density at radius 1 is 0.500 bits per heavy atom. The Balaban J connectivity index is 5.84. The molecule has 18 heavy (non-hydrogen) atoms. The molecule has 0 saturated heterocycles. The highest BCUT2D eigenvalue weighted by Gasteiger charge is 2.63. The van der Waals surface area contributed by atoms with Crippen molar-refractivity contribution in [2.24, 2.45) is 10.8 Å². The van der Waals surface area contributed by atoms with Crippen LogP contribution in [-0.4, -0.2) is 50.1 Å². The largest absolute Gasteiger partial charge is 0.250 e. The quantitative estimate of drug-likeness (QED) is 0.316. The minimum atomic E-state index is -2.59. The highest BCUT2D eigenvalue weighted by atomic mass is 127. The summed E-state index contributed by atoms with van der Waals surface area (Å²) in [5.41, 5.74) is -5.18. The van der Waals surface area contributed by atoms with E-state index in [1.165, 1.54) is 0 Å². The van der Waals surface area contributed by atoms with Crippen molar-refractivity contribution in [3.63, 3.8) is 0 Å². The smallest absolute Gasteiger partial charge is 0.106 e. The van der Waals surface area contributed by atoms with Gasteiger partial charge in [-0.05, 0) is 0 Å². The average Bonchev–Trinajstić information content (AvgIpc) is 2.43. The molecule has 0 aliphatic rings. The van der Waals surface area contributed by atoms with E-state index in [1.807, 2.05) is 0 Å². The highest BCUT2D eigenvalue weighted by molar-refractivity contribution is 14.1. The summed E-state index contributed by atoms with van der Waals surface area (Å²) in [6, 6.07) is 0. The zero-order chi connectivity index (χ0) is 14.4. The van der Waals surface area contributed by atoms with Gasteiger partial charge in [0.1, 0.15) is 46.7 Å². The van der Waals surface area contributed by atoms with Gasteiger partial charge in [0.05, 0.1) is 14.3 Å². The maximum Gasteiger partial charge on any atom is 0.106 e. The van der Waals surface area contributed by atoms with Crippen LogP contribution in [0.3, 0.4) is 0 Å². The molecule has 0 atom stereocenters. The monoisotopic (exact) mass is 394 g/mol. The molecule has 0 amide bonds. The highest BCUT2D eigenvalue weighted by Crippen LogP contribution is 2.53. The van der Waals surface area contributed by atoms with Crippen LogP contribution >= 0.6 is 22.6 Å². The van der Waals surface area contributed by atoms with Gasteiger partial charge in [-0.15, -0.1) is 0 Å². The zero-order valence-corrected chi connectivity index (χ0v) is 11.6. The molecule has 0 saturated carbocycles. The first-order valence-corrected chi connectivity index (χ1v) is 6.11. The summed E-state index contributed by atoms with van der Waals surface area (Å²) in [4.78, 5) is 0. The van der Waals surface area contributed by atoms with E-state index in [-0.39, 0.29) is 0 Å². The molecular formula is C10H14F7I. The molecule has 0 aromatic carbocycles. The molecule has 0 unspecified atom stereocenters. The fourth-order valence-corrected chi connectivity index (χ4v) is 2.56. The molecule has 0 heterocycles. The van der Waals surface area contributed by atoms with E-state index in [9.17, 15) is 30.7 Å². The van der Waals surface area contributed by atoms with E-state index in [4.69, 9.17) is 0 Å². The van der Waals surface area contributed by atoms with Crippen LogP contribution in [0.15, 0.2) is 0 Å². The first kappa shape index (κ1) is 18.2. The normalized spacial score (nSPS) is 14.0. The van der Waals surface area contributed by atoms with Crippen LogP contribution in [0.1, 0.15) is 0 Å². The fraction of sp³-hybridized carbons (Fsp3) is 1.00. The SMILES string of the molecule is FCC(CF)(CF)C(I)(CF)C(CF)(CF)CF. The third-order valence-electron chi connectivity index (χ3n) is 3.40. The maximum atomic E-state index is 13.1. The second kappa shape index (κ2) is 7.14. The van der Waals surface area contributed by atoms with Gasteiger partial charge in [0.2, 0.25) is 0 Å². The Kier molecular flexibility index (Phi) is 7.23. The minimum absolute atomic E-state index is 1.05. The fourth-order valence-electron chi connectivity index (χ4n) is 1.70. The van der Waals surface area contributed by atoms with Crippen LogP contribution < -0.4 is 0 Å². The van der Waals surface area contributed by atoms with Gasteiger partial charge in [-0.2, -0.15) is 0 Å². The lowest BCUT2D eigenvalue weighted by molar-refractivity contribution is -0.0404. The lowest BCUT2D eigenvalue weighted by atomic mass is 9.64. The summed E-state index contributed by atoms with van der Waals surface area (Å²) < 4.78 is 88.2. The summed E-state index contributed by atoms with van der Waals surface area (Å²) in [5, 5.41) is 0. The van der Waals surface area contributed by atoms with Crippen LogP contribution in [0.4, 0.5) is 30.7 Å². The van der Waals surface area contributed by atoms with Gasteiger partial charge < -0.3 is 0 Å². The van der Waals surface area contributed by atoms with E-state index in [2.05, 4.69) is 0 Å². The predicted octanol–water partition coefficient (Wildman–Crippen LogP) is 3.92. The van der Waals surface area contributed by atoms with Crippen LogP contribution in [0.5, 0.6) is 0 Å². The second-order valence-electron chi connectivity index (χ2n) is 4.30. The lowest BCUT2D eigenvalue weighted by Crippen LogP contribution is -2.63. The van der Waals surface area contributed by atoms with E-state index in [0.717, 1.165) is 22.6 Å².